The Hall–Kier alpha value is -1.82. The summed E-state index contributed by atoms with van der Waals surface area (Å²) in [6, 6.07) is 7.38. The first-order valence-corrected chi connectivity index (χ1v) is 5.01. The average Bonchev–Trinajstić information content (AvgIpc) is 2.29. The third-order valence-electron chi connectivity index (χ3n) is 1.83. The summed E-state index contributed by atoms with van der Waals surface area (Å²) in [5.74, 6) is 1.06. The van der Waals surface area contributed by atoms with Gasteiger partial charge in [-0.05, 0) is 36.5 Å². The topological polar surface area (TPSA) is 71.7 Å². The molecule has 1 aromatic rings. The van der Waals surface area contributed by atoms with Crippen LogP contribution in [0.25, 0.3) is 0 Å². The van der Waals surface area contributed by atoms with Gasteiger partial charge in [0.2, 0.25) is 0 Å². The smallest absolute Gasteiger partial charge is 0.194 e. The maximum absolute atomic E-state index is 5.46. The highest BCUT2D eigenvalue weighted by molar-refractivity contribution is 7.80. The highest BCUT2D eigenvalue weighted by Crippen LogP contribution is 2.14. The second kappa shape index (κ2) is 5.92. The number of hydrogen-bond acceptors (Lipinski definition) is 3. The van der Waals surface area contributed by atoms with Gasteiger partial charge >= 0.3 is 0 Å². The minimum absolute atomic E-state index is 0.269. The molecule has 4 N–H and O–H groups in total. The fourth-order valence-electron chi connectivity index (χ4n) is 1.01. The molecule has 0 fully saturated rings. The van der Waals surface area contributed by atoms with Gasteiger partial charge in [0, 0.05) is 12.7 Å². The van der Waals surface area contributed by atoms with Crippen LogP contribution in [0.3, 0.4) is 0 Å². The van der Waals surface area contributed by atoms with Crippen LogP contribution < -0.4 is 21.1 Å². The number of methoxy groups -OCH3 is 1. The summed E-state index contributed by atoms with van der Waals surface area (Å²) < 4.78 is 5.04. The van der Waals surface area contributed by atoms with Gasteiger partial charge in [-0.2, -0.15) is 0 Å². The number of nitrogens with one attached hydrogen (secondary N) is 2. The first kappa shape index (κ1) is 12.3. The van der Waals surface area contributed by atoms with Crippen molar-refractivity contribution < 1.29 is 4.74 Å². The number of nitrogens with two attached hydrogens (primary N) is 1. The zero-order valence-electron chi connectivity index (χ0n) is 9.15. The van der Waals surface area contributed by atoms with Crippen molar-refractivity contribution in [2.75, 3.05) is 19.5 Å². The van der Waals surface area contributed by atoms with E-state index >= 15 is 0 Å². The first-order valence-electron chi connectivity index (χ1n) is 4.60. The molecule has 0 unspecified atom stereocenters. The molecule has 0 aliphatic rings. The molecule has 0 atom stereocenters. The fourth-order valence-corrected chi connectivity index (χ4v) is 1.23. The number of aliphatic imine (C=N–C) groups is 1. The third kappa shape index (κ3) is 3.74. The van der Waals surface area contributed by atoms with Gasteiger partial charge in [0.15, 0.2) is 11.1 Å². The molecule has 1 aromatic carbocycles. The van der Waals surface area contributed by atoms with Gasteiger partial charge in [-0.25, -0.2) is 0 Å². The summed E-state index contributed by atoms with van der Waals surface area (Å²) in [6.07, 6.45) is 0. The van der Waals surface area contributed by atoms with Crippen molar-refractivity contribution in [1.82, 2.24) is 5.32 Å². The summed E-state index contributed by atoms with van der Waals surface area (Å²) in [5.41, 5.74) is 6.31. The van der Waals surface area contributed by atoms with Crippen LogP contribution in [0.15, 0.2) is 29.3 Å². The van der Waals surface area contributed by atoms with Crippen LogP contribution in [0, 0.1) is 0 Å². The van der Waals surface area contributed by atoms with E-state index in [1.54, 1.807) is 14.2 Å². The van der Waals surface area contributed by atoms with E-state index in [2.05, 4.69) is 15.6 Å². The number of hydrogen-bond donors (Lipinski definition) is 3. The van der Waals surface area contributed by atoms with E-state index < -0.39 is 0 Å². The molecule has 0 bridgehead atoms. The summed E-state index contributed by atoms with van der Waals surface area (Å²) in [7, 11) is 3.20. The van der Waals surface area contributed by atoms with Gasteiger partial charge in [-0.1, -0.05) is 0 Å². The minimum Gasteiger partial charge on any atom is -0.497 e. The molecule has 6 heteroatoms. The molecule has 0 saturated carbocycles. The molecular weight excluding hydrogens is 224 g/mol. The lowest BCUT2D eigenvalue weighted by atomic mass is 10.3. The number of benzene rings is 1. The predicted octanol–water partition coefficient (Wildman–Crippen LogP) is 0.926. The maximum Gasteiger partial charge on any atom is 0.194 e. The first-order chi connectivity index (χ1) is 7.65. The monoisotopic (exact) mass is 238 g/mol. The lowest BCUT2D eigenvalue weighted by molar-refractivity contribution is 0.415. The SMILES string of the molecule is CN=C(N)NC(=S)Nc1ccc(OC)cc1. The van der Waals surface area contributed by atoms with E-state index in [1.807, 2.05) is 24.3 Å². The Morgan fingerprint density at radius 1 is 1.38 bits per heavy atom. The molecule has 0 spiro atoms. The number of guanidine groups is 1. The van der Waals surface area contributed by atoms with Gasteiger partial charge in [-0.15, -0.1) is 0 Å². The third-order valence-corrected chi connectivity index (χ3v) is 2.03. The normalized spacial score (nSPS) is 10.8. The molecule has 0 radical (unpaired) electrons. The van der Waals surface area contributed by atoms with E-state index in [-0.39, 0.29) is 5.96 Å². The predicted molar refractivity (Wildman–Crippen MR) is 69.9 cm³/mol. The van der Waals surface area contributed by atoms with Crippen molar-refractivity contribution in [2.24, 2.45) is 10.7 Å². The molecule has 0 aliphatic carbocycles. The van der Waals surface area contributed by atoms with Crippen LogP contribution in [-0.4, -0.2) is 25.2 Å². The Bertz CT molecular complexity index is 388. The van der Waals surface area contributed by atoms with Crippen molar-refractivity contribution in [2.45, 2.75) is 0 Å². The van der Waals surface area contributed by atoms with E-state index in [0.29, 0.717) is 5.11 Å². The standard InChI is InChI=1S/C10H14N4OS/c1-12-9(11)14-10(16)13-7-3-5-8(15-2)6-4-7/h3-6H,1-2H3,(H4,11,12,13,14,16). The van der Waals surface area contributed by atoms with Crippen molar-refractivity contribution >= 4 is 29.0 Å². The zero-order valence-corrected chi connectivity index (χ0v) is 9.97. The molecule has 0 amide bonds. The van der Waals surface area contributed by atoms with Gasteiger partial charge in [0.1, 0.15) is 5.75 Å². The second-order valence-corrected chi connectivity index (χ2v) is 3.32. The molecule has 1 rings (SSSR count). The fraction of sp³-hybridized carbons (Fsp3) is 0.200. The van der Waals surface area contributed by atoms with Crippen LogP contribution in [0.1, 0.15) is 0 Å². The van der Waals surface area contributed by atoms with E-state index in [4.69, 9.17) is 22.7 Å². The summed E-state index contributed by atoms with van der Waals surface area (Å²) in [6.45, 7) is 0. The van der Waals surface area contributed by atoms with Gasteiger partial charge < -0.3 is 21.1 Å². The maximum atomic E-state index is 5.46. The summed E-state index contributed by atoms with van der Waals surface area (Å²) in [5, 5.41) is 6.08. The molecule has 86 valence electrons. The lowest BCUT2D eigenvalue weighted by Crippen LogP contribution is -2.39. The molecule has 0 aliphatic heterocycles. The van der Waals surface area contributed by atoms with Gasteiger partial charge in [-0.3, -0.25) is 4.99 Å². The summed E-state index contributed by atoms with van der Waals surface area (Å²) in [4.78, 5) is 3.73. The minimum atomic E-state index is 0.269. The van der Waals surface area contributed by atoms with Crippen LogP contribution in [0.5, 0.6) is 5.75 Å². The number of nitrogens with zero attached hydrogens (tertiary/aromatic N) is 1. The van der Waals surface area contributed by atoms with Gasteiger partial charge in [0.05, 0.1) is 7.11 Å². The molecule has 0 saturated heterocycles. The largest absolute Gasteiger partial charge is 0.497 e. The molecule has 5 nitrogen and oxygen atoms in total. The van der Waals surface area contributed by atoms with E-state index in [0.717, 1.165) is 11.4 Å². The number of anilines is 1. The Kier molecular flexibility index (Phi) is 4.53. The summed E-state index contributed by atoms with van der Waals surface area (Å²) >= 11 is 5.03. The van der Waals surface area contributed by atoms with Crippen molar-refractivity contribution in [3.05, 3.63) is 24.3 Å². The number of ether oxygens (including phenoxy) is 1. The Morgan fingerprint density at radius 2 is 2.00 bits per heavy atom. The van der Waals surface area contributed by atoms with Crippen LogP contribution >= 0.6 is 12.2 Å². The zero-order chi connectivity index (χ0) is 12.0. The van der Waals surface area contributed by atoms with Gasteiger partial charge in [0.25, 0.3) is 0 Å². The number of rotatable bonds is 2. The van der Waals surface area contributed by atoms with Crippen LogP contribution in [0.4, 0.5) is 5.69 Å². The highest BCUT2D eigenvalue weighted by atomic mass is 32.1. The van der Waals surface area contributed by atoms with E-state index in [9.17, 15) is 0 Å². The quantitative estimate of drug-likeness (QED) is 0.406. The average molecular weight is 238 g/mol. The lowest BCUT2D eigenvalue weighted by Gasteiger charge is -2.09. The van der Waals surface area contributed by atoms with Crippen molar-refractivity contribution in [1.29, 1.82) is 0 Å². The van der Waals surface area contributed by atoms with E-state index in [1.165, 1.54) is 0 Å². The van der Waals surface area contributed by atoms with Crippen LogP contribution in [-0.2, 0) is 0 Å². The Balaban J connectivity index is 2.56. The van der Waals surface area contributed by atoms with Crippen LogP contribution in [0.2, 0.25) is 0 Å². The Labute approximate surface area is 99.7 Å². The van der Waals surface area contributed by atoms with Crippen molar-refractivity contribution in [3.63, 3.8) is 0 Å². The number of thiocarbonyl (C=S) groups is 1. The molecule has 0 heterocycles. The second-order valence-electron chi connectivity index (χ2n) is 2.92. The molecule has 16 heavy (non-hydrogen) atoms. The van der Waals surface area contributed by atoms with Crippen molar-refractivity contribution in [3.8, 4) is 5.75 Å². The molecular formula is C10H14N4OS. The highest BCUT2D eigenvalue weighted by Gasteiger charge is 1.98. The Morgan fingerprint density at radius 3 is 2.50 bits per heavy atom. The molecule has 0 aromatic heterocycles.